The number of alkyl halides is 9. The third kappa shape index (κ3) is 6.00. The topological polar surface area (TPSA) is 47.3 Å². The lowest BCUT2D eigenvalue weighted by Crippen LogP contribution is -2.11. The molecule has 0 bridgehead atoms. The highest BCUT2D eigenvalue weighted by Crippen LogP contribution is 2.47. The van der Waals surface area contributed by atoms with Gasteiger partial charge in [-0.15, -0.1) is 0 Å². The predicted molar refractivity (Wildman–Crippen MR) is 121 cm³/mol. The van der Waals surface area contributed by atoms with Crippen LogP contribution >= 0.6 is 0 Å². The van der Waals surface area contributed by atoms with E-state index < -0.39 is 63.8 Å². The molecule has 4 nitrogen and oxygen atoms in total. The molecule has 4 rings (SSSR count). The van der Waals surface area contributed by atoms with Gasteiger partial charge in [0.05, 0.1) is 22.4 Å². The van der Waals surface area contributed by atoms with E-state index in [0.29, 0.717) is 23.8 Å². The zero-order valence-electron chi connectivity index (χ0n) is 20.0. The van der Waals surface area contributed by atoms with E-state index in [0.717, 1.165) is 36.0 Å². The minimum absolute atomic E-state index is 0.111. The van der Waals surface area contributed by atoms with Crippen LogP contribution in [-0.2, 0) is 32.2 Å². The summed E-state index contributed by atoms with van der Waals surface area (Å²) in [5.74, 6) is -1.93. The molecule has 0 unspecified atom stereocenters. The van der Waals surface area contributed by atoms with Crippen LogP contribution in [0.5, 0.6) is 11.5 Å². The van der Waals surface area contributed by atoms with Gasteiger partial charge < -0.3 is 9.84 Å². The lowest BCUT2D eigenvalue weighted by molar-refractivity contribution is -0.143. The van der Waals surface area contributed by atoms with Gasteiger partial charge in [-0.25, -0.2) is 4.39 Å². The van der Waals surface area contributed by atoms with Gasteiger partial charge in [0.1, 0.15) is 23.9 Å². The molecule has 1 aromatic heterocycles. The molecule has 0 radical (unpaired) electrons. The summed E-state index contributed by atoms with van der Waals surface area (Å²) < 4.78 is 141. The molecule has 0 spiro atoms. The summed E-state index contributed by atoms with van der Waals surface area (Å²) in [4.78, 5) is 0. The van der Waals surface area contributed by atoms with Gasteiger partial charge in [0.2, 0.25) is 0 Å². The van der Waals surface area contributed by atoms with E-state index in [1.54, 1.807) is 0 Å². The minimum atomic E-state index is -5.22. The van der Waals surface area contributed by atoms with E-state index in [-0.39, 0.29) is 23.9 Å². The van der Waals surface area contributed by atoms with Crippen molar-refractivity contribution < 1.29 is 53.7 Å². The van der Waals surface area contributed by atoms with E-state index in [1.165, 1.54) is 12.1 Å². The van der Waals surface area contributed by atoms with Gasteiger partial charge in [-0.3, -0.25) is 4.68 Å². The van der Waals surface area contributed by atoms with Crippen LogP contribution < -0.4 is 4.74 Å². The number of benzene rings is 3. The first-order valence-corrected chi connectivity index (χ1v) is 11.1. The average Bonchev–Trinajstić information content (AvgIpc) is 3.24. The van der Waals surface area contributed by atoms with Crippen LogP contribution in [0.3, 0.4) is 0 Å². The fraction of sp³-hybridized carbons (Fsp3) is 0.192. The second-order valence-corrected chi connectivity index (χ2v) is 8.58. The molecule has 0 aliphatic rings. The van der Waals surface area contributed by atoms with E-state index in [2.05, 4.69) is 5.10 Å². The van der Waals surface area contributed by atoms with Crippen molar-refractivity contribution in [3.05, 3.63) is 88.9 Å². The lowest BCUT2D eigenvalue weighted by Gasteiger charge is -2.19. The Hall–Kier alpha value is -4.23. The van der Waals surface area contributed by atoms with Crippen molar-refractivity contribution in [2.75, 3.05) is 0 Å². The first-order chi connectivity index (χ1) is 18.4. The second-order valence-electron chi connectivity index (χ2n) is 8.58. The fourth-order valence-corrected chi connectivity index (χ4v) is 3.88. The highest BCUT2D eigenvalue weighted by molar-refractivity contribution is 5.86. The summed E-state index contributed by atoms with van der Waals surface area (Å²) >= 11 is 0. The predicted octanol–water partition coefficient (Wildman–Crippen LogP) is 8.23. The maximum absolute atomic E-state index is 13.6. The van der Waals surface area contributed by atoms with Crippen molar-refractivity contribution in [2.24, 2.45) is 7.05 Å². The number of aryl methyl sites for hydroxylation is 1. The van der Waals surface area contributed by atoms with Crippen LogP contribution in [0.1, 0.15) is 22.4 Å². The molecular formula is C26H16F10N2O2. The molecule has 0 fully saturated rings. The van der Waals surface area contributed by atoms with Crippen molar-refractivity contribution >= 4 is 0 Å². The molecule has 0 aliphatic carbocycles. The van der Waals surface area contributed by atoms with Crippen LogP contribution in [0.2, 0.25) is 0 Å². The molecule has 1 heterocycles. The smallest absolute Gasteiger partial charge is 0.435 e. The highest BCUT2D eigenvalue weighted by atomic mass is 19.4. The number of aromatic hydroxyl groups is 1. The Morgan fingerprint density at radius 1 is 0.775 bits per heavy atom. The zero-order chi connectivity index (χ0) is 29.6. The number of aromatic nitrogens is 2. The summed E-state index contributed by atoms with van der Waals surface area (Å²) in [6.45, 7) is -0.346. The SMILES string of the molecule is Cn1nc(C(F)(F)F)cc1-c1ccc(OCc2ccc(F)cc2)c(-c2cc(C(F)(F)F)cc(C(F)(F)F)c2)c1O. The highest BCUT2D eigenvalue weighted by Gasteiger charge is 2.38. The van der Waals surface area contributed by atoms with Crippen LogP contribution in [0.15, 0.2) is 60.7 Å². The number of hydrogen-bond donors (Lipinski definition) is 1. The molecular weight excluding hydrogens is 562 g/mol. The van der Waals surface area contributed by atoms with Gasteiger partial charge in [0.15, 0.2) is 5.69 Å². The van der Waals surface area contributed by atoms with Crippen LogP contribution in [0.25, 0.3) is 22.4 Å². The lowest BCUT2D eigenvalue weighted by atomic mass is 9.95. The van der Waals surface area contributed by atoms with Gasteiger partial charge >= 0.3 is 18.5 Å². The van der Waals surface area contributed by atoms with Gasteiger partial charge in [-0.1, -0.05) is 12.1 Å². The molecule has 1 N–H and O–H groups in total. The monoisotopic (exact) mass is 578 g/mol. The number of ether oxygens (including phenoxy) is 1. The largest absolute Gasteiger partial charge is 0.506 e. The van der Waals surface area contributed by atoms with Gasteiger partial charge in [-0.2, -0.15) is 44.6 Å². The molecule has 14 heteroatoms. The fourth-order valence-electron chi connectivity index (χ4n) is 3.88. The summed E-state index contributed by atoms with van der Waals surface area (Å²) in [7, 11) is 1.11. The van der Waals surface area contributed by atoms with E-state index in [4.69, 9.17) is 4.74 Å². The number of phenols is 1. The molecule has 4 aromatic rings. The Balaban J connectivity index is 1.95. The van der Waals surface area contributed by atoms with E-state index in [9.17, 15) is 49.0 Å². The molecule has 40 heavy (non-hydrogen) atoms. The number of phenolic OH excluding ortho intramolecular Hbond substituents is 1. The minimum Gasteiger partial charge on any atom is -0.506 e. The van der Waals surface area contributed by atoms with Crippen LogP contribution in [-0.4, -0.2) is 14.9 Å². The number of hydrogen-bond acceptors (Lipinski definition) is 3. The summed E-state index contributed by atoms with van der Waals surface area (Å²) in [6.07, 6.45) is -15.3. The summed E-state index contributed by atoms with van der Waals surface area (Å²) in [6, 6.07) is 8.09. The van der Waals surface area contributed by atoms with Crippen molar-refractivity contribution in [2.45, 2.75) is 25.1 Å². The maximum Gasteiger partial charge on any atom is 0.435 e. The molecule has 0 saturated heterocycles. The first kappa shape index (κ1) is 28.8. The molecule has 0 aliphatic heterocycles. The van der Waals surface area contributed by atoms with Gasteiger partial charge in [0.25, 0.3) is 0 Å². The summed E-state index contributed by atoms with van der Waals surface area (Å²) in [5, 5.41) is 14.4. The molecule has 212 valence electrons. The van der Waals surface area contributed by atoms with Gasteiger partial charge in [0, 0.05) is 12.6 Å². The Morgan fingerprint density at radius 2 is 1.35 bits per heavy atom. The third-order valence-corrected chi connectivity index (χ3v) is 5.77. The maximum atomic E-state index is 13.6. The van der Waals surface area contributed by atoms with Crippen LogP contribution in [0, 0.1) is 5.82 Å². The van der Waals surface area contributed by atoms with E-state index in [1.807, 2.05) is 0 Å². The van der Waals surface area contributed by atoms with E-state index >= 15 is 0 Å². The third-order valence-electron chi connectivity index (χ3n) is 5.77. The van der Waals surface area contributed by atoms with Crippen molar-refractivity contribution in [1.82, 2.24) is 9.78 Å². The molecule has 0 atom stereocenters. The average molecular weight is 578 g/mol. The Bertz CT molecular complexity index is 1500. The van der Waals surface area contributed by atoms with Crippen molar-refractivity contribution in [1.29, 1.82) is 0 Å². The normalized spacial score (nSPS) is 12.6. The van der Waals surface area contributed by atoms with Crippen molar-refractivity contribution in [3.63, 3.8) is 0 Å². The number of halogens is 10. The Kier molecular flexibility index (Phi) is 7.24. The Labute approximate surface area is 219 Å². The second kappa shape index (κ2) is 10.1. The Morgan fingerprint density at radius 3 is 1.85 bits per heavy atom. The quantitative estimate of drug-likeness (QED) is 0.243. The first-order valence-electron chi connectivity index (χ1n) is 11.1. The number of nitrogens with zero attached hydrogens (tertiary/aromatic N) is 2. The van der Waals surface area contributed by atoms with Crippen LogP contribution in [0.4, 0.5) is 43.9 Å². The number of rotatable bonds is 5. The van der Waals surface area contributed by atoms with Crippen molar-refractivity contribution in [3.8, 4) is 33.9 Å². The van der Waals surface area contributed by atoms with Gasteiger partial charge in [-0.05, 0) is 59.7 Å². The molecule has 0 saturated carbocycles. The zero-order valence-corrected chi connectivity index (χ0v) is 20.0. The molecule has 3 aromatic carbocycles. The standard InChI is InChI=1S/C26H16F10N2O2/c1-38-19(11-21(37-38)26(34,35)36)18-6-7-20(40-12-13-2-4-17(27)5-3-13)22(23(18)39)14-8-15(24(28,29)30)10-16(9-14)25(31,32)33/h2-11,39H,12H2,1H3. The summed E-state index contributed by atoms with van der Waals surface area (Å²) in [5.41, 5.74) is -6.49. The molecule has 0 amide bonds.